The fourth-order valence-electron chi connectivity index (χ4n) is 11.1. The number of nitrogens with zero attached hydrogens (tertiary/aromatic N) is 2. The number of hydrogen-bond donors (Lipinski definition) is 2. The maximum Gasteiger partial charge on any atom is 0.315 e. The van der Waals surface area contributed by atoms with Gasteiger partial charge in [0.05, 0.1) is 35.2 Å². The molecule has 5 aliphatic rings. The zero-order valence-corrected chi connectivity index (χ0v) is 26.5. The van der Waals surface area contributed by atoms with E-state index in [0.29, 0.717) is 36.4 Å². The number of fused-ring (bicyclic) bond motifs is 2. The number of unbranched alkanes of at least 4 members (excludes halogenated alkanes) is 1. The van der Waals surface area contributed by atoms with E-state index in [0.717, 1.165) is 69.0 Å². The Labute approximate surface area is 257 Å². The number of aromatic nitrogens is 1. The van der Waals surface area contributed by atoms with E-state index >= 15 is 0 Å². The number of carboxylic acid groups (broad SMARTS) is 1. The summed E-state index contributed by atoms with van der Waals surface area (Å²) in [6.45, 7) is 12.1. The average Bonchev–Trinajstić information content (AvgIpc) is 3.69. The maximum absolute atomic E-state index is 14.0. The molecule has 2 heterocycles. The van der Waals surface area contributed by atoms with Crippen LogP contribution in [-0.4, -0.2) is 53.0 Å². The highest BCUT2D eigenvalue weighted by molar-refractivity contribution is 5.90. The molecule has 1 aliphatic heterocycles. The zero-order valence-electron chi connectivity index (χ0n) is 26.5. The van der Waals surface area contributed by atoms with Crippen LogP contribution in [0.15, 0.2) is 42.6 Å². The Morgan fingerprint density at radius 3 is 2.77 bits per heavy atom. The molecule has 3 saturated carbocycles. The van der Waals surface area contributed by atoms with Crippen molar-refractivity contribution < 1.29 is 19.4 Å². The lowest BCUT2D eigenvalue weighted by atomic mass is 9.41. The van der Waals surface area contributed by atoms with E-state index in [-0.39, 0.29) is 30.0 Å². The molecule has 0 aromatic carbocycles. The Kier molecular flexibility index (Phi) is 7.90. The molecule has 0 amide bonds. The fourth-order valence-corrected chi connectivity index (χ4v) is 11.1. The van der Waals surface area contributed by atoms with Crippen molar-refractivity contribution in [3.8, 4) is 0 Å². The number of carbonyl (C=O) groups excluding carboxylic acids is 1. The molecule has 8 unspecified atom stereocenters. The number of pyridine rings is 1. The number of nitrogens with two attached hydrogens (primary N) is 1. The first-order valence-corrected chi connectivity index (χ1v) is 16.7. The van der Waals surface area contributed by atoms with Gasteiger partial charge in [0, 0.05) is 18.5 Å². The van der Waals surface area contributed by atoms with Gasteiger partial charge >= 0.3 is 5.97 Å². The minimum Gasteiger partial charge on any atom is -0.481 e. The number of carboxylic acids is 1. The molecule has 4 aliphatic carbocycles. The fraction of sp³-hybridized carbons (Fsp3) is 0.694. The van der Waals surface area contributed by atoms with E-state index in [1.807, 2.05) is 18.2 Å². The Bertz CT molecular complexity index is 1280. The Morgan fingerprint density at radius 1 is 1.33 bits per heavy atom. The molecule has 4 fully saturated rings. The number of hydrogen-bond acceptors (Lipinski definition) is 6. The van der Waals surface area contributed by atoms with Crippen LogP contribution in [0.5, 0.6) is 0 Å². The van der Waals surface area contributed by atoms with Crippen LogP contribution in [0.4, 0.5) is 5.69 Å². The van der Waals surface area contributed by atoms with Crippen molar-refractivity contribution in [2.45, 2.75) is 90.9 Å². The van der Waals surface area contributed by atoms with Gasteiger partial charge < -0.3 is 20.4 Å². The summed E-state index contributed by atoms with van der Waals surface area (Å²) >= 11 is 0. The van der Waals surface area contributed by atoms with Gasteiger partial charge in [0.15, 0.2) is 0 Å². The van der Waals surface area contributed by atoms with E-state index in [2.05, 4.69) is 50.4 Å². The molecular formula is C36H51N3O4. The van der Waals surface area contributed by atoms with Crippen molar-refractivity contribution >= 4 is 17.9 Å². The highest BCUT2D eigenvalue weighted by atomic mass is 16.5. The first-order chi connectivity index (χ1) is 20.6. The number of anilines is 1. The van der Waals surface area contributed by atoms with Gasteiger partial charge in [0.25, 0.3) is 0 Å². The number of nitrogen functional groups attached to an aromatic ring is 1. The first-order valence-electron chi connectivity index (χ1n) is 16.7. The second-order valence-electron chi connectivity index (χ2n) is 14.8. The molecule has 4 bridgehead atoms. The van der Waals surface area contributed by atoms with Crippen molar-refractivity contribution in [3.05, 3.63) is 48.3 Å². The van der Waals surface area contributed by atoms with Crippen LogP contribution in [0.2, 0.25) is 0 Å². The average molecular weight is 590 g/mol. The van der Waals surface area contributed by atoms with Crippen LogP contribution in [0.25, 0.3) is 0 Å². The molecule has 7 heteroatoms. The topological polar surface area (TPSA) is 106 Å². The van der Waals surface area contributed by atoms with Gasteiger partial charge in [-0.2, -0.15) is 0 Å². The molecular weight excluding hydrogens is 538 g/mol. The molecule has 1 aromatic heterocycles. The Morgan fingerprint density at radius 2 is 2.12 bits per heavy atom. The predicted octanol–water partition coefficient (Wildman–Crippen LogP) is 6.15. The summed E-state index contributed by atoms with van der Waals surface area (Å²) in [4.78, 5) is 34.4. The number of aldehydes is 1. The van der Waals surface area contributed by atoms with Gasteiger partial charge in [0.2, 0.25) is 0 Å². The maximum atomic E-state index is 14.0. The van der Waals surface area contributed by atoms with Gasteiger partial charge in [0.1, 0.15) is 11.7 Å². The zero-order chi connectivity index (χ0) is 30.7. The smallest absolute Gasteiger partial charge is 0.315 e. The Balaban J connectivity index is 1.39. The van der Waals surface area contributed by atoms with Crippen LogP contribution < -0.4 is 5.73 Å². The molecule has 234 valence electrons. The highest BCUT2D eigenvalue weighted by Gasteiger charge is 2.86. The minimum absolute atomic E-state index is 0.000172. The van der Waals surface area contributed by atoms with Crippen molar-refractivity contribution in [1.82, 2.24) is 9.88 Å². The lowest BCUT2D eigenvalue weighted by Crippen LogP contribution is -2.65. The monoisotopic (exact) mass is 589 g/mol. The van der Waals surface area contributed by atoms with E-state index in [1.165, 1.54) is 0 Å². The number of carbonyl (C=O) groups is 2. The number of likely N-dealkylation sites (N-methyl/N-ethyl adjacent to an activating group) is 1. The third-order valence-corrected chi connectivity index (χ3v) is 12.9. The first kappa shape index (κ1) is 30.5. The standard InChI is InChI=1S/C36H51N3O4/c1-6-8-9-24-14-32(43-31(24)20-39(5)19-27-12-11-26(37)18-38-27)35-17-28-23(4)10-13-29(28)34(21-40)16-25(35)15-30(22(3)7-2)36(34,35)33(41)42/h7,11-12,15,18,21-25,28-29,31-32H,2,6,8-10,13-14,16-17,19-20,37H2,1,3-5H3,(H,41,42)/t22?,23-,24?,25?,28-,29-,31?,32?,34?,35?,36?/m1/s1. The summed E-state index contributed by atoms with van der Waals surface area (Å²) in [6, 6.07) is 3.86. The molecule has 6 rings (SSSR count). The van der Waals surface area contributed by atoms with Crippen LogP contribution in [0.3, 0.4) is 0 Å². The lowest BCUT2D eigenvalue weighted by Gasteiger charge is -2.60. The van der Waals surface area contributed by atoms with Crippen LogP contribution in [-0.2, 0) is 20.9 Å². The molecule has 7 nitrogen and oxygen atoms in total. The van der Waals surface area contributed by atoms with Crippen molar-refractivity contribution in [2.24, 2.45) is 51.8 Å². The van der Waals surface area contributed by atoms with E-state index in [4.69, 9.17) is 10.5 Å². The van der Waals surface area contributed by atoms with Gasteiger partial charge in [-0.3, -0.25) is 14.7 Å². The molecule has 1 aromatic rings. The van der Waals surface area contributed by atoms with E-state index in [9.17, 15) is 14.7 Å². The number of ether oxygens (including phenoxy) is 1. The lowest BCUT2D eigenvalue weighted by molar-refractivity contribution is -0.197. The second kappa shape index (κ2) is 11.1. The molecule has 1 saturated heterocycles. The largest absolute Gasteiger partial charge is 0.481 e. The van der Waals surface area contributed by atoms with Gasteiger partial charge in [-0.15, -0.1) is 6.58 Å². The van der Waals surface area contributed by atoms with E-state index in [1.54, 1.807) is 6.20 Å². The number of allylic oxidation sites excluding steroid dienone is 2. The van der Waals surface area contributed by atoms with Crippen LogP contribution in [0, 0.1) is 51.8 Å². The molecule has 3 N–H and O–H groups in total. The summed E-state index contributed by atoms with van der Waals surface area (Å²) in [7, 11) is 2.11. The van der Waals surface area contributed by atoms with Crippen LogP contribution >= 0.6 is 0 Å². The normalized spacial score (nSPS) is 41.7. The number of aliphatic carboxylic acids is 1. The summed E-state index contributed by atoms with van der Waals surface area (Å²) < 4.78 is 7.23. The molecule has 43 heavy (non-hydrogen) atoms. The molecule has 0 spiro atoms. The predicted molar refractivity (Wildman–Crippen MR) is 168 cm³/mol. The summed E-state index contributed by atoms with van der Waals surface area (Å²) in [6.07, 6.45) is 14.4. The third-order valence-electron chi connectivity index (χ3n) is 12.9. The van der Waals surface area contributed by atoms with Crippen molar-refractivity contribution in [2.75, 3.05) is 19.3 Å². The molecule has 11 atom stereocenters. The molecule has 0 radical (unpaired) electrons. The van der Waals surface area contributed by atoms with Gasteiger partial charge in [-0.05, 0) is 92.4 Å². The van der Waals surface area contributed by atoms with Gasteiger partial charge in [-0.1, -0.05) is 52.2 Å². The van der Waals surface area contributed by atoms with Crippen LogP contribution in [0.1, 0.15) is 77.8 Å². The summed E-state index contributed by atoms with van der Waals surface area (Å²) in [5, 5.41) is 11.5. The SMILES string of the molecule is C=CC(C)C1=CC2CC3(C=O)[C@@H]4CC[C@@H](C)[C@H]4CC2(C2CC(CCCC)C(CN(C)Cc4ccc(N)cn4)O2)C13C(=O)O. The quantitative estimate of drug-likeness (QED) is 0.223. The van der Waals surface area contributed by atoms with Crippen molar-refractivity contribution in [1.29, 1.82) is 0 Å². The Hall–Kier alpha value is -2.51. The minimum atomic E-state index is -1.25. The summed E-state index contributed by atoms with van der Waals surface area (Å²) in [5.74, 6) is 0.391. The van der Waals surface area contributed by atoms with E-state index < -0.39 is 22.2 Å². The third kappa shape index (κ3) is 4.16. The summed E-state index contributed by atoms with van der Waals surface area (Å²) in [5.41, 5.74) is 5.63. The van der Waals surface area contributed by atoms with Crippen molar-refractivity contribution in [3.63, 3.8) is 0 Å². The van der Waals surface area contributed by atoms with Gasteiger partial charge in [-0.25, -0.2) is 0 Å². The highest BCUT2D eigenvalue weighted by Crippen LogP contribution is 2.84. The number of rotatable bonds is 12. The second-order valence-corrected chi connectivity index (χ2v) is 14.8.